The summed E-state index contributed by atoms with van der Waals surface area (Å²) >= 11 is 0. The van der Waals surface area contributed by atoms with Crippen LogP contribution in [0, 0.1) is 11.8 Å². The predicted octanol–water partition coefficient (Wildman–Crippen LogP) is 3.34. The van der Waals surface area contributed by atoms with Gasteiger partial charge in [-0.1, -0.05) is 36.4 Å². The summed E-state index contributed by atoms with van der Waals surface area (Å²) < 4.78 is 5.25. The van der Waals surface area contributed by atoms with Crippen LogP contribution in [0.25, 0.3) is 10.9 Å². The number of hydrogen-bond acceptors (Lipinski definition) is 5. The van der Waals surface area contributed by atoms with Crippen LogP contribution in [0.5, 0.6) is 5.75 Å². The van der Waals surface area contributed by atoms with Crippen LogP contribution in [0.3, 0.4) is 0 Å². The van der Waals surface area contributed by atoms with Crippen molar-refractivity contribution in [3.63, 3.8) is 0 Å². The smallest absolute Gasteiger partial charge is 0.250 e. The van der Waals surface area contributed by atoms with Crippen LogP contribution in [0.4, 0.5) is 11.4 Å². The molecule has 0 bridgehead atoms. The Balaban J connectivity index is 1.36. The second-order valence-electron chi connectivity index (χ2n) is 9.84. The summed E-state index contributed by atoms with van der Waals surface area (Å²) in [7, 11) is 1.56. The molecule has 3 amide bonds. The summed E-state index contributed by atoms with van der Waals surface area (Å²) in [4.78, 5) is 46.3. The summed E-state index contributed by atoms with van der Waals surface area (Å²) in [6.45, 7) is 0. The molecule has 3 aromatic carbocycles. The number of rotatable bonds is 4. The topological polar surface area (TPSA) is 104 Å². The minimum absolute atomic E-state index is 0.299. The van der Waals surface area contributed by atoms with Gasteiger partial charge in [0, 0.05) is 34.4 Å². The zero-order valence-corrected chi connectivity index (χ0v) is 20.0. The van der Waals surface area contributed by atoms with Crippen LogP contribution < -0.4 is 20.3 Å². The van der Waals surface area contributed by atoms with Crippen molar-refractivity contribution in [2.45, 2.75) is 18.0 Å². The number of hydrogen-bond donors (Lipinski definition) is 3. The number of nitrogens with one attached hydrogen (secondary N) is 3. The Bertz CT molecular complexity index is 1590. The highest BCUT2D eigenvalue weighted by molar-refractivity contribution is 6.25. The van der Waals surface area contributed by atoms with E-state index in [0.717, 1.165) is 16.5 Å². The van der Waals surface area contributed by atoms with Crippen LogP contribution >= 0.6 is 0 Å². The van der Waals surface area contributed by atoms with Crippen molar-refractivity contribution < 1.29 is 19.1 Å². The van der Waals surface area contributed by atoms with Crippen molar-refractivity contribution in [1.29, 1.82) is 0 Å². The molecular weight excluding hydrogens is 468 g/mol. The van der Waals surface area contributed by atoms with Crippen LogP contribution in [-0.4, -0.2) is 35.9 Å². The van der Waals surface area contributed by atoms with Crippen LogP contribution in [0.15, 0.2) is 79.0 Å². The molecule has 7 rings (SSSR count). The van der Waals surface area contributed by atoms with E-state index in [2.05, 4.69) is 15.6 Å². The molecule has 4 heterocycles. The Morgan fingerprint density at radius 3 is 2.49 bits per heavy atom. The third kappa shape index (κ3) is 2.90. The van der Waals surface area contributed by atoms with E-state index in [1.54, 1.807) is 31.4 Å². The Morgan fingerprint density at radius 1 is 0.919 bits per heavy atom. The first-order valence-electron chi connectivity index (χ1n) is 12.3. The third-order valence-electron chi connectivity index (χ3n) is 8.07. The van der Waals surface area contributed by atoms with E-state index < -0.39 is 23.4 Å². The van der Waals surface area contributed by atoms with E-state index in [-0.39, 0.29) is 17.7 Å². The number of benzene rings is 3. The Hall–Kier alpha value is -4.43. The highest BCUT2D eigenvalue weighted by Crippen LogP contribution is 2.54. The van der Waals surface area contributed by atoms with Gasteiger partial charge in [-0.25, -0.2) is 4.90 Å². The second-order valence-corrected chi connectivity index (χ2v) is 9.84. The first-order valence-corrected chi connectivity index (χ1v) is 12.3. The number of nitrogens with zero attached hydrogens (tertiary/aromatic N) is 1. The van der Waals surface area contributed by atoms with Crippen molar-refractivity contribution in [3.8, 4) is 5.75 Å². The van der Waals surface area contributed by atoms with E-state index in [1.165, 1.54) is 4.90 Å². The third-order valence-corrected chi connectivity index (χ3v) is 8.07. The number of methoxy groups -OCH3 is 1. The molecule has 8 nitrogen and oxygen atoms in total. The molecule has 4 atom stereocenters. The van der Waals surface area contributed by atoms with Crippen LogP contribution in [0.2, 0.25) is 0 Å². The van der Waals surface area contributed by atoms with Gasteiger partial charge >= 0.3 is 0 Å². The van der Waals surface area contributed by atoms with Gasteiger partial charge in [0.2, 0.25) is 17.7 Å². The molecule has 4 aromatic rings. The van der Waals surface area contributed by atoms with E-state index in [1.807, 2.05) is 54.7 Å². The lowest BCUT2D eigenvalue weighted by Crippen LogP contribution is -2.53. The minimum Gasteiger partial charge on any atom is -0.497 e. The molecule has 2 saturated heterocycles. The molecule has 184 valence electrons. The highest BCUT2D eigenvalue weighted by atomic mass is 16.5. The lowest BCUT2D eigenvalue weighted by molar-refractivity contribution is -0.130. The summed E-state index contributed by atoms with van der Waals surface area (Å²) in [6.07, 6.45) is 2.43. The first-order chi connectivity index (χ1) is 18.0. The van der Waals surface area contributed by atoms with Gasteiger partial charge in [-0.05, 0) is 48.4 Å². The maximum absolute atomic E-state index is 14.1. The Morgan fingerprint density at radius 2 is 1.68 bits per heavy atom. The molecule has 3 N–H and O–H groups in total. The van der Waals surface area contributed by atoms with Gasteiger partial charge in [-0.15, -0.1) is 0 Å². The van der Waals surface area contributed by atoms with Crippen molar-refractivity contribution in [1.82, 2.24) is 10.3 Å². The molecule has 37 heavy (non-hydrogen) atoms. The van der Waals surface area contributed by atoms with Crippen LogP contribution in [0.1, 0.15) is 11.1 Å². The number of carbonyl (C=O) groups is 3. The van der Waals surface area contributed by atoms with Crippen molar-refractivity contribution in [2.24, 2.45) is 11.8 Å². The van der Waals surface area contributed by atoms with E-state index in [4.69, 9.17) is 4.74 Å². The second kappa shape index (κ2) is 7.78. The molecule has 3 aliphatic heterocycles. The largest absolute Gasteiger partial charge is 0.497 e. The molecule has 4 unspecified atom stereocenters. The van der Waals surface area contributed by atoms with Gasteiger partial charge in [0.25, 0.3) is 0 Å². The number of H-pyrrole nitrogens is 1. The molecule has 0 saturated carbocycles. The number of anilines is 2. The molecule has 3 aliphatic rings. The average molecular weight is 493 g/mol. The Kier molecular flexibility index (Phi) is 4.59. The fraction of sp³-hybridized carbons (Fsp3) is 0.207. The molecule has 0 aliphatic carbocycles. The highest BCUT2D eigenvalue weighted by Gasteiger charge is 2.70. The molecule has 8 heteroatoms. The molecule has 2 fully saturated rings. The van der Waals surface area contributed by atoms with E-state index >= 15 is 0 Å². The number of aromatic nitrogens is 1. The number of amides is 3. The molecule has 1 aromatic heterocycles. The molecule has 1 spiro atoms. The zero-order chi connectivity index (χ0) is 25.3. The van der Waals surface area contributed by atoms with Gasteiger partial charge in [-0.3, -0.25) is 19.7 Å². The lowest BCUT2D eigenvalue weighted by Gasteiger charge is -2.29. The number of fused-ring (bicyclic) bond motifs is 5. The average Bonchev–Trinajstić information content (AvgIpc) is 3.63. The first kappa shape index (κ1) is 21.8. The quantitative estimate of drug-likeness (QED) is 0.379. The fourth-order valence-electron chi connectivity index (χ4n) is 6.46. The Labute approximate surface area is 212 Å². The van der Waals surface area contributed by atoms with Crippen LogP contribution in [-0.2, 0) is 26.3 Å². The predicted molar refractivity (Wildman–Crippen MR) is 138 cm³/mol. The number of carbonyl (C=O) groups excluding carboxylic acids is 3. The summed E-state index contributed by atoms with van der Waals surface area (Å²) in [5.74, 6) is -1.93. The maximum atomic E-state index is 14.1. The number of para-hydroxylation sites is 2. The fourth-order valence-corrected chi connectivity index (χ4v) is 6.46. The molecular formula is C29H24N4O4. The summed E-state index contributed by atoms with van der Waals surface area (Å²) in [5, 5.41) is 7.52. The van der Waals surface area contributed by atoms with E-state index in [9.17, 15) is 14.4 Å². The SMILES string of the molecule is COc1ccc(N2C(=O)C3C(Cc4c[nH]c5ccccc45)NC4(C(=O)Nc5ccccc54)C3C2=O)cc1. The number of ether oxygens (including phenoxy) is 1. The monoisotopic (exact) mass is 492 g/mol. The molecule has 0 radical (unpaired) electrons. The minimum atomic E-state index is -1.33. The number of imide groups is 1. The normalized spacial score (nSPS) is 26.1. The standard InChI is InChI=1S/C29H24N4O4/c1-37-18-12-10-17(11-13-18)33-26(34)24-23(14-16-15-30-21-8-4-2-6-19(16)21)32-29(25(24)27(33)35)20-7-3-5-9-22(20)31-28(29)36/h2-13,15,23-25,30,32H,14H2,1H3,(H,31,36). The summed E-state index contributed by atoms with van der Waals surface area (Å²) in [5.41, 5.74) is 2.53. The van der Waals surface area contributed by atoms with E-state index in [0.29, 0.717) is 29.1 Å². The van der Waals surface area contributed by atoms with Crippen molar-refractivity contribution >= 4 is 40.0 Å². The zero-order valence-electron chi connectivity index (χ0n) is 20.0. The summed E-state index contributed by atoms with van der Waals surface area (Å²) in [6, 6.07) is 21.8. The van der Waals surface area contributed by atoms with Crippen molar-refractivity contribution in [2.75, 3.05) is 17.3 Å². The lowest BCUT2D eigenvalue weighted by atomic mass is 9.76. The van der Waals surface area contributed by atoms with Gasteiger partial charge in [-0.2, -0.15) is 0 Å². The van der Waals surface area contributed by atoms with Gasteiger partial charge in [0.15, 0.2) is 0 Å². The van der Waals surface area contributed by atoms with Gasteiger partial charge in [0.1, 0.15) is 11.3 Å². The maximum Gasteiger partial charge on any atom is 0.250 e. The number of aromatic amines is 1. The van der Waals surface area contributed by atoms with Gasteiger partial charge < -0.3 is 15.0 Å². The van der Waals surface area contributed by atoms with Gasteiger partial charge in [0.05, 0.1) is 24.6 Å². The van der Waals surface area contributed by atoms with Crippen molar-refractivity contribution in [3.05, 3.63) is 90.1 Å².